The number of allylic oxidation sites excluding steroid dienone is 11. The molecular formula is C54H49N3. The van der Waals surface area contributed by atoms with Crippen LogP contribution >= 0.6 is 0 Å². The van der Waals surface area contributed by atoms with Gasteiger partial charge in [-0.25, -0.2) is 4.98 Å². The average Bonchev–Trinajstić information content (AvgIpc) is 3.62. The number of aromatic nitrogens is 2. The third-order valence-corrected chi connectivity index (χ3v) is 14.8. The van der Waals surface area contributed by atoms with Crippen LogP contribution < -0.4 is 0 Å². The third-order valence-electron chi connectivity index (χ3n) is 14.8. The molecule has 0 N–H and O–H groups in total. The predicted molar refractivity (Wildman–Crippen MR) is 236 cm³/mol. The van der Waals surface area contributed by atoms with Gasteiger partial charge in [-0.3, -0.25) is 9.88 Å². The van der Waals surface area contributed by atoms with Gasteiger partial charge in [0.05, 0.1) is 16.7 Å². The minimum Gasteiger partial charge on any atom is -0.283 e. The molecule has 6 aliphatic carbocycles. The SMILES string of the molecule is C1=CC2C3C=CC=CC3N(C3C=CC(c4cccc5c4CCC=C5C4=CCCC(c5cnc6c7ccccc7c7ccccc7c6n5)C4)C4C=CCCC43)C2C=C1. The summed E-state index contributed by atoms with van der Waals surface area (Å²) in [5.74, 6) is 2.98. The van der Waals surface area contributed by atoms with Crippen LogP contribution in [0.1, 0.15) is 72.7 Å². The van der Waals surface area contributed by atoms with Crippen LogP contribution in [-0.4, -0.2) is 33.0 Å². The number of likely N-dealkylation sites (tertiary alicyclic amines) is 1. The summed E-state index contributed by atoms with van der Waals surface area (Å²) in [5, 5.41) is 4.88. The maximum absolute atomic E-state index is 5.45. The Morgan fingerprint density at radius 1 is 0.579 bits per heavy atom. The lowest BCUT2D eigenvalue weighted by Crippen LogP contribution is -2.51. The highest BCUT2D eigenvalue weighted by atomic mass is 15.3. The summed E-state index contributed by atoms with van der Waals surface area (Å²) >= 11 is 0. The fourth-order valence-corrected chi connectivity index (χ4v) is 12.4. The van der Waals surface area contributed by atoms with Crippen molar-refractivity contribution in [2.45, 2.75) is 74.9 Å². The second-order valence-corrected chi connectivity index (χ2v) is 17.6. The fraction of sp³-hybridized carbons (Fsp3) is 0.296. The number of nitrogens with zero attached hydrogens (tertiary/aromatic N) is 3. The molecule has 0 amide bonds. The Labute approximate surface area is 336 Å². The van der Waals surface area contributed by atoms with Gasteiger partial charge in [0.25, 0.3) is 0 Å². The zero-order valence-corrected chi connectivity index (χ0v) is 32.5. The zero-order chi connectivity index (χ0) is 37.5. The van der Waals surface area contributed by atoms with Gasteiger partial charge in [0.1, 0.15) is 0 Å². The first kappa shape index (κ1) is 33.7. The van der Waals surface area contributed by atoms with Crippen LogP contribution in [0.3, 0.4) is 0 Å². The molecule has 4 aromatic carbocycles. The van der Waals surface area contributed by atoms with Crippen molar-refractivity contribution in [1.29, 1.82) is 0 Å². The Hall–Kier alpha value is -5.38. The van der Waals surface area contributed by atoms with Crippen LogP contribution in [0.5, 0.6) is 0 Å². The molecular weight excluding hydrogens is 691 g/mol. The van der Waals surface area contributed by atoms with Gasteiger partial charge < -0.3 is 0 Å². The first-order valence-corrected chi connectivity index (χ1v) is 21.7. The number of hydrogen-bond donors (Lipinski definition) is 0. The molecule has 3 nitrogen and oxygen atoms in total. The Balaban J connectivity index is 0.864. The molecule has 5 aromatic rings. The zero-order valence-electron chi connectivity index (χ0n) is 32.5. The van der Waals surface area contributed by atoms with E-state index in [1.807, 2.05) is 0 Å². The van der Waals surface area contributed by atoms with E-state index in [0.717, 1.165) is 48.8 Å². The third kappa shape index (κ3) is 5.35. The van der Waals surface area contributed by atoms with Crippen molar-refractivity contribution < 1.29 is 0 Å². The predicted octanol–water partition coefficient (Wildman–Crippen LogP) is 12.3. The van der Waals surface area contributed by atoms with Crippen molar-refractivity contribution in [1.82, 2.24) is 14.9 Å². The smallest absolute Gasteiger partial charge is 0.0975 e. The molecule has 0 bridgehead atoms. The van der Waals surface area contributed by atoms with Crippen molar-refractivity contribution in [3.8, 4) is 0 Å². The summed E-state index contributed by atoms with van der Waals surface area (Å²) < 4.78 is 0. The van der Waals surface area contributed by atoms with Crippen molar-refractivity contribution >= 4 is 38.2 Å². The minimum atomic E-state index is 0.349. The highest BCUT2D eigenvalue weighted by Gasteiger charge is 2.51. The Kier molecular flexibility index (Phi) is 8.07. The lowest BCUT2D eigenvalue weighted by molar-refractivity contribution is 0.105. The fourth-order valence-electron chi connectivity index (χ4n) is 12.4. The van der Waals surface area contributed by atoms with Gasteiger partial charge >= 0.3 is 0 Å². The molecule has 1 saturated heterocycles. The minimum absolute atomic E-state index is 0.349. The molecule has 1 aliphatic heterocycles. The van der Waals surface area contributed by atoms with E-state index in [1.54, 1.807) is 11.1 Å². The average molecular weight is 740 g/mol. The van der Waals surface area contributed by atoms with E-state index in [1.165, 1.54) is 51.1 Å². The van der Waals surface area contributed by atoms with Crippen LogP contribution in [0, 0.1) is 23.7 Å². The van der Waals surface area contributed by atoms with Crippen molar-refractivity contribution in [2.75, 3.05) is 0 Å². The topological polar surface area (TPSA) is 29.0 Å². The summed E-state index contributed by atoms with van der Waals surface area (Å²) in [6, 6.07) is 26.0. The lowest BCUT2D eigenvalue weighted by Gasteiger charge is -2.47. The second-order valence-electron chi connectivity index (χ2n) is 17.6. The van der Waals surface area contributed by atoms with E-state index in [9.17, 15) is 0 Å². The molecule has 7 aliphatic rings. The molecule has 0 radical (unpaired) electrons. The van der Waals surface area contributed by atoms with E-state index in [2.05, 4.69) is 163 Å². The highest BCUT2D eigenvalue weighted by molar-refractivity contribution is 6.22. The van der Waals surface area contributed by atoms with Crippen LogP contribution in [0.15, 0.2) is 164 Å². The van der Waals surface area contributed by atoms with Gasteiger partial charge in [-0.1, -0.05) is 152 Å². The van der Waals surface area contributed by atoms with E-state index < -0.39 is 0 Å². The molecule has 0 saturated carbocycles. The van der Waals surface area contributed by atoms with E-state index in [-0.39, 0.29) is 0 Å². The normalized spacial score (nSPS) is 31.3. The van der Waals surface area contributed by atoms with E-state index in [4.69, 9.17) is 9.97 Å². The monoisotopic (exact) mass is 739 g/mol. The van der Waals surface area contributed by atoms with Crippen LogP contribution in [0.4, 0.5) is 0 Å². The molecule has 9 atom stereocenters. The standard InChI is InChI=1S/C54H49N3/c1-4-19-44-40(16-1)43(30-31-52(44)57-50-28-9-7-20-45(50)46-21-8-10-29-51(46)57)39-27-13-25-37-36(24-12-26-38(37)39)34-14-11-15-35(32-34)49-33-55-53-47-22-5-2-17-41(47)42-18-3-6-23-48(42)54(53)56-49/h1-3,5-10,13-14,16-18,20-25,27-31,33,35,40,43-46,50-52H,4,11-12,15,19,26,32H2. The second kappa shape index (κ2) is 13.6. The molecule has 280 valence electrons. The Bertz CT molecular complexity index is 2630. The molecule has 1 fully saturated rings. The van der Waals surface area contributed by atoms with Gasteiger partial charge in [-0.05, 0) is 95.4 Å². The molecule has 57 heavy (non-hydrogen) atoms. The lowest BCUT2D eigenvalue weighted by atomic mass is 9.65. The first-order valence-electron chi connectivity index (χ1n) is 21.7. The Morgan fingerprint density at radius 2 is 1.32 bits per heavy atom. The maximum atomic E-state index is 5.45. The summed E-state index contributed by atoms with van der Waals surface area (Å²) in [7, 11) is 0. The van der Waals surface area contributed by atoms with Crippen molar-refractivity contribution in [3.05, 3.63) is 186 Å². The molecule has 2 heterocycles. The van der Waals surface area contributed by atoms with Gasteiger partial charge in [0.15, 0.2) is 0 Å². The summed E-state index contributed by atoms with van der Waals surface area (Å²) in [6.07, 6.45) is 44.4. The van der Waals surface area contributed by atoms with Crippen LogP contribution in [-0.2, 0) is 6.42 Å². The molecule has 9 unspecified atom stereocenters. The van der Waals surface area contributed by atoms with Crippen LogP contribution in [0.25, 0.3) is 38.2 Å². The number of hydrogen-bond acceptors (Lipinski definition) is 3. The van der Waals surface area contributed by atoms with Gasteiger partial charge in [-0.15, -0.1) is 0 Å². The first-order chi connectivity index (χ1) is 28.3. The number of fused-ring (bicyclic) bond motifs is 11. The summed E-state index contributed by atoms with van der Waals surface area (Å²) in [4.78, 5) is 13.5. The van der Waals surface area contributed by atoms with Gasteiger partial charge in [-0.2, -0.15) is 0 Å². The Morgan fingerprint density at radius 3 is 2.11 bits per heavy atom. The number of rotatable bonds is 4. The molecule has 12 rings (SSSR count). The molecule has 3 heteroatoms. The van der Waals surface area contributed by atoms with E-state index >= 15 is 0 Å². The van der Waals surface area contributed by atoms with Gasteiger partial charge in [0.2, 0.25) is 0 Å². The van der Waals surface area contributed by atoms with Gasteiger partial charge in [0, 0.05) is 58.8 Å². The molecule has 1 aromatic heterocycles. The largest absolute Gasteiger partial charge is 0.283 e. The molecule has 0 spiro atoms. The highest BCUT2D eigenvalue weighted by Crippen LogP contribution is 2.52. The quantitative estimate of drug-likeness (QED) is 0.136. The van der Waals surface area contributed by atoms with Crippen LogP contribution in [0.2, 0.25) is 0 Å². The number of benzene rings is 4. The maximum Gasteiger partial charge on any atom is 0.0975 e. The van der Waals surface area contributed by atoms with E-state index in [0.29, 0.717) is 53.6 Å². The summed E-state index contributed by atoms with van der Waals surface area (Å²) in [5.41, 5.74) is 10.7. The van der Waals surface area contributed by atoms with Crippen molar-refractivity contribution in [3.63, 3.8) is 0 Å². The van der Waals surface area contributed by atoms with Crippen molar-refractivity contribution in [2.24, 2.45) is 23.7 Å². The summed E-state index contributed by atoms with van der Waals surface area (Å²) in [6.45, 7) is 0.